The highest BCUT2D eigenvalue weighted by Crippen LogP contribution is 2.28. The Kier molecular flexibility index (Phi) is 2.04. The Morgan fingerprint density at radius 2 is 2.00 bits per heavy atom. The molecule has 0 atom stereocenters. The topological polar surface area (TPSA) is 34.1 Å². The molecule has 2 nitrogen and oxygen atoms in total. The molecule has 1 aliphatic rings. The van der Waals surface area contributed by atoms with Crippen molar-refractivity contribution < 1.29 is 8.42 Å². The van der Waals surface area contributed by atoms with Gasteiger partial charge in [-0.2, -0.15) is 0 Å². The summed E-state index contributed by atoms with van der Waals surface area (Å²) in [6.07, 6.45) is 0. The molecular weight excluding hydrogens is 252 g/mol. The smallest absolute Gasteiger partial charge is 0.176 e. The van der Waals surface area contributed by atoms with Crippen LogP contribution in [0, 0.1) is 0 Å². The SMILES string of the molecule is O=S1(=O)C=C(c2cccc(Br)c2)C1. The van der Waals surface area contributed by atoms with Crippen molar-refractivity contribution in [3.05, 3.63) is 39.7 Å². The predicted molar refractivity (Wildman–Crippen MR) is 55.9 cm³/mol. The first-order valence-electron chi connectivity index (χ1n) is 3.76. The Morgan fingerprint density at radius 1 is 1.31 bits per heavy atom. The van der Waals surface area contributed by atoms with Crippen LogP contribution in [-0.2, 0) is 9.84 Å². The maximum absolute atomic E-state index is 10.9. The number of hydrogen-bond donors (Lipinski definition) is 0. The lowest BCUT2D eigenvalue weighted by molar-refractivity contribution is 0.605. The molecule has 1 heterocycles. The van der Waals surface area contributed by atoms with Gasteiger partial charge in [0.15, 0.2) is 9.84 Å². The third-order valence-electron chi connectivity index (χ3n) is 1.87. The lowest BCUT2D eigenvalue weighted by Gasteiger charge is -2.15. The van der Waals surface area contributed by atoms with Crippen molar-refractivity contribution in [3.8, 4) is 0 Å². The van der Waals surface area contributed by atoms with Gasteiger partial charge in [0.2, 0.25) is 0 Å². The monoisotopic (exact) mass is 258 g/mol. The molecule has 0 amide bonds. The van der Waals surface area contributed by atoms with E-state index in [2.05, 4.69) is 15.9 Å². The molecule has 0 unspecified atom stereocenters. The molecule has 1 aliphatic heterocycles. The van der Waals surface area contributed by atoms with Crippen LogP contribution in [0.2, 0.25) is 0 Å². The van der Waals surface area contributed by atoms with Crippen LogP contribution >= 0.6 is 15.9 Å². The molecule has 0 saturated carbocycles. The molecular formula is C9H7BrO2S. The summed E-state index contributed by atoms with van der Waals surface area (Å²) in [7, 11) is -2.87. The number of rotatable bonds is 1. The fourth-order valence-electron chi connectivity index (χ4n) is 1.25. The second-order valence-electron chi connectivity index (χ2n) is 2.96. The molecule has 2 rings (SSSR count). The first-order valence-corrected chi connectivity index (χ1v) is 6.27. The molecule has 0 saturated heterocycles. The lowest BCUT2D eigenvalue weighted by atomic mass is 10.1. The first-order chi connectivity index (χ1) is 6.07. The van der Waals surface area contributed by atoms with Crippen LogP contribution in [0.1, 0.15) is 5.56 Å². The molecule has 0 aromatic heterocycles. The summed E-state index contributed by atoms with van der Waals surface area (Å²) in [5.74, 6) is 0.170. The lowest BCUT2D eigenvalue weighted by Crippen LogP contribution is -2.15. The number of halogens is 1. The van der Waals surface area contributed by atoms with Gasteiger partial charge in [0.1, 0.15) is 0 Å². The Hall–Kier alpha value is -0.610. The summed E-state index contributed by atoms with van der Waals surface area (Å²) in [5.41, 5.74) is 1.87. The Morgan fingerprint density at radius 3 is 2.54 bits per heavy atom. The first kappa shape index (κ1) is 8.97. The number of sulfone groups is 1. The van der Waals surface area contributed by atoms with Crippen molar-refractivity contribution in [2.45, 2.75) is 0 Å². The highest BCUT2D eigenvalue weighted by atomic mass is 79.9. The molecule has 1 aromatic rings. The summed E-state index contributed by atoms with van der Waals surface area (Å²) in [6.45, 7) is 0. The zero-order valence-corrected chi connectivity index (χ0v) is 9.10. The van der Waals surface area contributed by atoms with Crippen LogP contribution < -0.4 is 0 Å². The molecule has 0 spiro atoms. The standard InChI is InChI=1S/C9H7BrO2S/c10-9-3-1-2-7(4-9)8-5-13(11,12)6-8/h1-5H,6H2. The van der Waals surface area contributed by atoms with E-state index < -0.39 is 9.84 Å². The van der Waals surface area contributed by atoms with Crippen LogP contribution in [0.5, 0.6) is 0 Å². The maximum atomic E-state index is 10.9. The van der Waals surface area contributed by atoms with Gasteiger partial charge in [-0.05, 0) is 23.3 Å². The summed E-state index contributed by atoms with van der Waals surface area (Å²) < 4.78 is 22.7. The molecule has 4 heteroatoms. The van der Waals surface area contributed by atoms with E-state index in [-0.39, 0.29) is 5.75 Å². The van der Waals surface area contributed by atoms with E-state index in [1.165, 1.54) is 5.41 Å². The molecule has 68 valence electrons. The van der Waals surface area contributed by atoms with Gasteiger partial charge in [-0.15, -0.1) is 0 Å². The van der Waals surface area contributed by atoms with Crippen LogP contribution in [-0.4, -0.2) is 14.2 Å². The van der Waals surface area contributed by atoms with Gasteiger partial charge in [-0.3, -0.25) is 0 Å². The van der Waals surface area contributed by atoms with Gasteiger partial charge >= 0.3 is 0 Å². The van der Waals surface area contributed by atoms with E-state index >= 15 is 0 Å². The fourth-order valence-corrected chi connectivity index (χ4v) is 2.77. The van der Waals surface area contributed by atoms with E-state index in [0.29, 0.717) is 0 Å². The second kappa shape index (κ2) is 2.96. The van der Waals surface area contributed by atoms with Gasteiger partial charge in [-0.1, -0.05) is 28.1 Å². The van der Waals surface area contributed by atoms with E-state index in [4.69, 9.17) is 0 Å². The zero-order valence-electron chi connectivity index (χ0n) is 6.70. The van der Waals surface area contributed by atoms with Crippen molar-refractivity contribution in [2.24, 2.45) is 0 Å². The average Bonchev–Trinajstić information content (AvgIpc) is 2.00. The van der Waals surface area contributed by atoms with Crippen LogP contribution in [0.4, 0.5) is 0 Å². The van der Waals surface area contributed by atoms with Crippen LogP contribution in [0.15, 0.2) is 34.1 Å². The van der Waals surface area contributed by atoms with Crippen LogP contribution in [0.25, 0.3) is 5.57 Å². The van der Waals surface area contributed by atoms with Crippen LogP contribution in [0.3, 0.4) is 0 Å². The Balaban J connectivity index is 2.40. The van der Waals surface area contributed by atoms with Crippen molar-refractivity contribution in [2.75, 3.05) is 5.75 Å². The molecule has 0 bridgehead atoms. The van der Waals surface area contributed by atoms with Crippen molar-refractivity contribution in [1.82, 2.24) is 0 Å². The van der Waals surface area contributed by atoms with Gasteiger partial charge in [0.05, 0.1) is 5.75 Å². The van der Waals surface area contributed by atoms with E-state index in [1.807, 2.05) is 24.3 Å². The molecule has 0 fully saturated rings. The molecule has 13 heavy (non-hydrogen) atoms. The zero-order chi connectivity index (χ0) is 9.47. The van der Waals surface area contributed by atoms with Gasteiger partial charge in [0.25, 0.3) is 0 Å². The number of hydrogen-bond acceptors (Lipinski definition) is 2. The summed E-state index contributed by atoms with van der Waals surface area (Å²) in [6, 6.07) is 7.63. The Bertz CT molecular complexity index is 474. The third-order valence-corrected chi connectivity index (χ3v) is 3.72. The number of benzene rings is 1. The largest absolute Gasteiger partial charge is 0.224 e. The van der Waals surface area contributed by atoms with Crippen molar-refractivity contribution in [3.63, 3.8) is 0 Å². The Labute approximate surface area is 85.3 Å². The van der Waals surface area contributed by atoms with Crippen molar-refractivity contribution in [1.29, 1.82) is 0 Å². The molecule has 0 radical (unpaired) electrons. The summed E-state index contributed by atoms with van der Waals surface area (Å²) >= 11 is 3.34. The second-order valence-corrected chi connectivity index (χ2v) is 5.73. The van der Waals surface area contributed by atoms with Crippen molar-refractivity contribution >= 4 is 31.3 Å². The molecule has 0 N–H and O–H groups in total. The minimum absolute atomic E-state index is 0.170. The third kappa shape index (κ3) is 1.84. The minimum atomic E-state index is -2.87. The fraction of sp³-hybridized carbons (Fsp3) is 0.111. The average molecular weight is 259 g/mol. The highest BCUT2D eigenvalue weighted by molar-refractivity contribution is 9.10. The maximum Gasteiger partial charge on any atom is 0.176 e. The predicted octanol–water partition coefficient (Wildman–Crippen LogP) is 2.22. The summed E-state index contributed by atoms with van der Waals surface area (Å²) in [5, 5.41) is 1.33. The quantitative estimate of drug-likeness (QED) is 0.774. The van der Waals surface area contributed by atoms with Gasteiger partial charge < -0.3 is 0 Å². The normalized spacial score (nSPS) is 19.0. The van der Waals surface area contributed by atoms with E-state index in [1.54, 1.807) is 0 Å². The highest BCUT2D eigenvalue weighted by Gasteiger charge is 2.23. The van der Waals surface area contributed by atoms with E-state index in [9.17, 15) is 8.42 Å². The molecule has 0 aliphatic carbocycles. The van der Waals surface area contributed by atoms with Gasteiger partial charge in [0, 0.05) is 9.88 Å². The van der Waals surface area contributed by atoms with E-state index in [0.717, 1.165) is 15.6 Å². The van der Waals surface area contributed by atoms with Gasteiger partial charge in [-0.25, -0.2) is 8.42 Å². The summed E-state index contributed by atoms with van der Waals surface area (Å²) in [4.78, 5) is 0. The minimum Gasteiger partial charge on any atom is -0.224 e. The molecule has 1 aromatic carbocycles.